The van der Waals surface area contributed by atoms with E-state index in [1.807, 2.05) is 13.0 Å². The monoisotopic (exact) mass is 455 g/mol. The van der Waals surface area contributed by atoms with E-state index in [9.17, 15) is 18.0 Å². The number of nitrogens with zero attached hydrogens (tertiary/aromatic N) is 6. The standard InChI is InChI=1S/C22H20F3N7O/c1-12-5-14(20-26-3-2-4-27-20)19(30-8-12)21(33)32-11-13-6-15(16(32)7-13)31-18-10-28-17(9-29-18)22(23,24)25/h2-5,8-10,13,15-16H,6-7,11H2,1H3,(H,29,31)/t13-,15+,16-/m0/s1. The van der Waals surface area contributed by atoms with Crippen molar-refractivity contribution in [1.82, 2.24) is 29.8 Å². The zero-order valence-electron chi connectivity index (χ0n) is 17.6. The quantitative estimate of drug-likeness (QED) is 0.644. The van der Waals surface area contributed by atoms with Gasteiger partial charge >= 0.3 is 6.18 Å². The van der Waals surface area contributed by atoms with Crippen LogP contribution in [0.4, 0.5) is 19.0 Å². The van der Waals surface area contributed by atoms with Crippen LogP contribution in [-0.2, 0) is 6.18 Å². The maximum atomic E-state index is 13.5. The molecule has 1 aliphatic carbocycles. The number of aromatic nitrogens is 5. The van der Waals surface area contributed by atoms with Crippen molar-refractivity contribution in [2.45, 2.75) is 38.0 Å². The lowest BCUT2D eigenvalue weighted by molar-refractivity contribution is -0.141. The first-order valence-electron chi connectivity index (χ1n) is 10.5. The number of rotatable bonds is 4. The number of alkyl halides is 3. The molecule has 2 fully saturated rings. The second-order valence-electron chi connectivity index (χ2n) is 8.38. The lowest BCUT2D eigenvalue weighted by Crippen LogP contribution is -2.48. The van der Waals surface area contributed by atoms with E-state index in [4.69, 9.17) is 0 Å². The van der Waals surface area contributed by atoms with Crippen molar-refractivity contribution in [2.24, 2.45) is 5.92 Å². The SMILES string of the molecule is Cc1cnc(C(=O)N2C[C@H]3C[C@@H](Nc4cnc(C(F)(F)F)cn4)[C@@H]2C3)c(-c2ncccn2)c1. The van der Waals surface area contributed by atoms with Crippen LogP contribution in [0.2, 0.25) is 0 Å². The van der Waals surface area contributed by atoms with E-state index >= 15 is 0 Å². The minimum Gasteiger partial charge on any atom is -0.364 e. The van der Waals surface area contributed by atoms with Crippen LogP contribution < -0.4 is 5.32 Å². The third kappa shape index (κ3) is 4.10. The van der Waals surface area contributed by atoms with Crippen molar-refractivity contribution in [2.75, 3.05) is 11.9 Å². The molecule has 11 heteroatoms. The molecule has 4 heterocycles. The first-order chi connectivity index (χ1) is 15.8. The van der Waals surface area contributed by atoms with Gasteiger partial charge in [-0.3, -0.25) is 9.78 Å². The van der Waals surface area contributed by atoms with Crippen LogP contribution >= 0.6 is 0 Å². The summed E-state index contributed by atoms with van der Waals surface area (Å²) >= 11 is 0. The topological polar surface area (TPSA) is 96.8 Å². The first kappa shape index (κ1) is 21.2. The lowest BCUT2D eigenvalue weighted by atomic mass is 10.0. The van der Waals surface area contributed by atoms with Gasteiger partial charge in [-0.25, -0.2) is 19.9 Å². The highest BCUT2D eigenvalue weighted by Gasteiger charge is 2.47. The largest absolute Gasteiger partial charge is 0.434 e. The average molecular weight is 455 g/mol. The molecule has 5 rings (SSSR count). The Kier molecular flexibility index (Phi) is 5.18. The fraction of sp³-hybridized carbons (Fsp3) is 0.364. The van der Waals surface area contributed by atoms with Gasteiger partial charge in [0.15, 0.2) is 11.5 Å². The summed E-state index contributed by atoms with van der Waals surface area (Å²) in [6.45, 7) is 2.49. The van der Waals surface area contributed by atoms with Crippen molar-refractivity contribution in [3.05, 3.63) is 60.1 Å². The van der Waals surface area contributed by atoms with Gasteiger partial charge in [0.05, 0.1) is 24.0 Å². The molecule has 3 aromatic heterocycles. The minimum absolute atomic E-state index is 0.126. The predicted molar refractivity (Wildman–Crippen MR) is 112 cm³/mol. The van der Waals surface area contributed by atoms with Gasteiger partial charge in [-0.2, -0.15) is 13.2 Å². The maximum absolute atomic E-state index is 13.5. The van der Waals surface area contributed by atoms with Crippen molar-refractivity contribution < 1.29 is 18.0 Å². The van der Waals surface area contributed by atoms with Gasteiger partial charge in [-0.05, 0) is 43.4 Å². The maximum Gasteiger partial charge on any atom is 0.434 e. The number of nitrogens with one attached hydrogen (secondary N) is 1. The van der Waals surface area contributed by atoms with Crippen LogP contribution in [0.3, 0.4) is 0 Å². The summed E-state index contributed by atoms with van der Waals surface area (Å²) in [6, 6.07) is 3.28. The second kappa shape index (κ2) is 8.05. The molecule has 0 unspecified atom stereocenters. The highest BCUT2D eigenvalue weighted by Crippen LogP contribution is 2.40. The Hall–Kier alpha value is -3.63. The number of fused-ring (bicyclic) bond motifs is 2. The fourth-order valence-electron chi connectivity index (χ4n) is 4.64. The summed E-state index contributed by atoms with van der Waals surface area (Å²) < 4.78 is 38.2. The van der Waals surface area contributed by atoms with Gasteiger partial charge in [0.1, 0.15) is 11.5 Å². The highest BCUT2D eigenvalue weighted by molar-refractivity contribution is 5.98. The lowest BCUT2D eigenvalue weighted by Gasteiger charge is -2.34. The number of piperidine rings is 1. The molecule has 1 saturated heterocycles. The second-order valence-corrected chi connectivity index (χ2v) is 8.38. The van der Waals surface area contributed by atoms with E-state index in [0.717, 1.165) is 24.6 Å². The van der Waals surface area contributed by atoms with Crippen LogP contribution in [-0.4, -0.2) is 54.4 Å². The number of aryl methyl sites for hydroxylation is 1. The molecule has 0 spiro atoms. The molecule has 1 N–H and O–H groups in total. The Morgan fingerprint density at radius 3 is 2.52 bits per heavy atom. The summed E-state index contributed by atoms with van der Waals surface area (Å²) in [4.78, 5) is 35.6. The van der Waals surface area contributed by atoms with Gasteiger partial charge in [-0.15, -0.1) is 0 Å². The Morgan fingerprint density at radius 1 is 1.06 bits per heavy atom. The number of hydrogen-bond donors (Lipinski definition) is 1. The van der Waals surface area contributed by atoms with Gasteiger partial charge in [0, 0.05) is 31.2 Å². The molecule has 0 radical (unpaired) electrons. The van der Waals surface area contributed by atoms with Gasteiger partial charge in [0.2, 0.25) is 0 Å². The Morgan fingerprint density at radius 2 is 1.85 bits per heavy atom. The molecule has 3 aromatic rings. The summed E-state index contributed by atoms with van der Waals surface area (Å²) in [7, 11) is 0. The van der Waals surface area contributed by atoms with Crippen LogP contribution in [0, 0.1) is 12.8 Å². The number of amides is 1. The van der Waals surface area contributed by atoms with Gasteiger partial charge < -0.3 is 10.2 Å². The summed E-state index contributed by atoms with van der Waals surface area (Å²) in [5.41, 5.74) is 0.699. The molecule has 2 bridgehead atoms. The fourth-order valence-corrected chi connectivity index (χ4v) is 4.64. The summed E-state index contributed by atoms with van der Waals surface area (Å²) in [5.74, 6) is 0.756. The smallest absolute Gasteiger partial charge is 0.364 e. The van der Waals surface area contributed by atoms with Crippen LogP contribution in [0.25, 0.3) is 11.4 Å². The molecular formula is C22H20F3N7O. The van der Waals surface area contributed by atoms with Crippen molar-refractivity contribution in [3.63, 3.8) is 0 Å². The third-order valence-electron chi connectivity index (χ3n) is 6.05. The average Bonchev–Trinajstić information content (AvgIpc) is 3.40. The minimum atomic E-state index is -4.54. The first-order valence-corrected chi connectivity index (χ1v) is 10.5. The van der Waals surface area contributed by atoms with Crippen molar-refractivity contribution in [1.29, 1.82) is 0 Å². The molecule has 1 aliphatic heterocycles. The van der Waals surface area contributed by atoms with E-state index in [1.165, 1.54) is 0 Å². The number of anilines is 1. The van der Waals surface area contributed by atoms with Crippen LogP contribution in [0.15, 0.2) is 43.1 Å². The number of carbonyl (C=O) groups is 1. The molecule has 2 aliphatic rings. The highest BCUT2D eigenvalue weighted by atomic mass is 19.4. The van der Waals surface area contributed by atoms with Crippen LogP contribution in [0.1, 0.15) is 34.6 Å². The molecule has 3 atom stereocenters. The molecule has 8 nitrogen and oxygen atoms in total. The van der Waals surface area contributed by atoms with E-state index in [1.54, 1.807) is 29.6 Å². The third-order valence-corrected chi connectivity index (χ3v) is 6.05. The van der Waals surface area contributed by atoms with Gasteiger partial charge in [0.25, 0.3) is 5.91 Å². The zero-order valence-corrected chi connectivity index (χ0v) is 17.6. The molecular weight excluding hydrogens is 435 g/mol. The Bertz CT molecular complexity index is 1170. The number of likely N-dealkylation sites (tertiary alicyclic amines) is 1. The van der Waals surface area contributed by atoms with Crippen molar-refractivity contribution in [3.8, 4) is 11.4 Å². The Labute approximate surface area is 187 Å². The summed E-state index contributed by atoms with van der Waals surface area (Å²) in [6.07, 6.45) is 3.72. The molecule has 0 aromatic carbocycles. The zero-order chi connectivity index (χ0) is 23.2. The Balaban J connectivity index is 1.37. The van der Waals surface area contributed by atoms with Gasteiger partial charge in [-0.1, -0.05) is 0 Å². The van der Waals surface area contributed by atoms with Crippen LogP contribution in [0.5, 0.6) is 0 Å². The molecule has 33 heavy (non-hydrogen) atoms. The number of hydrogen-bond acceptors (Lipinski definition) is 7. The van der Waals surface area contributed by atoms with E-state index in [-0.39, 0.29) is 29.5 Å². The number of halogens is 3. The normalized spacial score (nSPS) is 21.9. The summed E-state index contributed by atoms with van der Waals surface area (Å²) in [5, 5.41) is 3.16. The predicted octanol–water partition coefficient (Wildman–Crippen LogP) is 3.37. The molecule has 1 amide bonds. The van der Waals surface area contributed by atoms with E-state index in [0.29, 0.717) is 30.0 Å². The molecule has 1 saturated carbocycles. The van der Waals surface area contributed by atoms with Crippen molar-refractivity contribution >= 4 is 11.7 Å². The number of pyridine rings is 1. The number of carbonyl (C=O) groups excluding carboxylic acids is 1. The van der Waals surface area contributed by atoms with E-state index in [2.05, 4.69) is 30.2 Å². The molecule has 170 valence electrons. The van der Waals surface area contributed by atoms with E-state index < -0.39 is 11.9 Å².